The van der Waals surface area contributed by atoms with Crippen LogP contribution >= 0.6 is 0 Å². The van der Waals surface area contributed by atoms with E-state index in [1.165, 1.54) is 9.80 Å². The molecule has 2 aliphatic rings. The van der Waals surface area contributed by atoms with E-state index in [-0.39, 0.29) is 30.6 Å². The minimum Gasteiger partial charge on any atom is -0.480 e. The van der Waals surface area contributed by atoms with Gasteiger partial charge in [0.25, 0.3) is 0 Å². The van der Waals surface area contributed by atoms with E-state index in [0.717, 1.165) is 11.1 Å². The van der Waals surface area contributed by atoms with Crippen LogP contribution in [0.3, 0.4) is 0 Å². The molecule has 2 fully saturated rings. The van der Waals surface area contributed by atoms with Crippen molar-refractivity contribution in [3.63, 3.8) is 0 Å². The maximum atomic E-state index is 13.8. The van der Waals surface area contributed by atoms with Crippen LogP contribution < -0.4 is 11.1 Å². The summed E-state index contributed by atoms with van der Waals surface area (Å²) >= 11 is 0. The van der Waals surface area contributed by atoms with Gasteiger partial charge in [0.1, 0.15) is 18.1 Å². The van der Waals surface area contributed by atoms with Gasteiger partial charge in [0.15, 0.2) is 0 Å². The number of carboxylic acid groups (broad SMARTS) is 1. The molecule has 202 valence electrons. The van der Waals surface area contributed by atoms with Crippen LogP contribution in [0.2, 0.25) is 0 Å². The van der Waals surface area contributed by atoms with Crippen molar-refractivity contribution in [2.45, 2.75) is 69.1 Å². The Morgan fingerprint density at radius 3 is 2.00 bits per heavy atom. The van der Waals surface area contributed by atoms with Crippen LogP contribution in [0.25, 0.3) is 0 Å². The Hall–Kier alpha value is -3.72. The van der Waals surface area contributed by atoms with Gasteiger partial charge in [-0.25, -0.2) is 4.79 Å². The molecule has 1 unspecified atom stereocenters. The van der Waals surface area contributed by atoms with Gasteiger partial charge in [-0.3, -0.25) is 14.4 Å². The minimum atomic E-state index is -1.02. The number of benzene rings is 2. The Labute approximate surface area is 223 Å². The summed E-state index contributed by atoms with van der Waals surface area (Å²) in [6, 6.07) is 16.2. The molecule has 2 saturated heterocycles. The number of amides is 3. The molecule has 0 aromatic heterocycles. The van der Waals surface area contributed by atoms with E-state index in [1.807, 2.05) is 60.7 Å². The second kappa shape index (κ2) is 12.7. The summed E-state index contributed by atoms with van der Waals surface area (Å²) in [5.41, 5.74) is 8.16. The van der Waals surface area contributed by atoms with Crippen molar-refractivity contribution in [1.29, 1.82) is 0 Å². The Morgan fingerprint density at radius 2 is 1.39 bits per heavy atom. The van der Waals surface area contributed by atoms with E-state index in [1.54, 1.807) is 0 Å². The van der Waals surface area contributed by atoms with Crippen molar-refractivity contribution in [2.24, 2.45) is 5.73 Å². The molecule has 0 spiro atoms. The molecule has 4 N–H and O–H groups in total. The van der Waals surface area contributed by atoms with Gasteiger partial charge in [-0.2, -0.15) is 0 Å². The molecule has 0 bridgehead atoms. The average Bonchev–Trinajstić information content (AvgIpc) is 3.59. The maximum Gasteiger partial charge on any atom is 0.326 e. The van der Waals surface area contributed by atoms with Gasteiger partial charge in [-0.15, -0.1) is 0 Å². The number of hydrogen-bond acceptors (Lipinski definition) is 5. The monoisotopic (exact) mass is 520 g/mol. The second-order valence-corrected chi connectivity index (χ2v) is 10.2. The van der Waals surface area contributed by atoms with Gasteiger partial charge in [0.2, 0.25) is 17.7 Å². The summed E-state index contributed by atoms with van der Waals surface area (Å²) in [5.74, 6) is -2.00. The predicted molar refractivity (Wildman–Crippen MR) is 142 cm³/mol. The molecular weight excluding hydrogens is 484 g/mol. The summed E-state index contributed by atoms with van der Waals surface area (Å²) in [5, 5.41) is 12.4. The molecule has 38 heavy (non-hydrogen) atoms. The molecule has 0 saturated carbocycles. The number of nitrogens with zero attached hydrogens (tertiary/aromatic N) is 2. The lowest BCUT2D eigenvalue weighted by Gasteiger charge is -2.32. The van der Waals surface area contributed by atoms with Crippen molar-refractivity contribution < 1.29 is 24.3 Å². The summed E-state index contributed by atoms with van der Waals surface area (Å²) in [6.45, 7) is 0.757. The number of nitrogens with one attached hydrogen (secondary N) is 1. The smallest absolute Gasteiger partial charge is 0.326 e. The van der Waals surface area contributed by atoms with Crippen molar-refractivity contribution in [3.8, 4) is 0 Å². The van der Waals surface area contributed by atoms with Crippen molar-refractivity contribution >= 4 is 23.7 Å². The van der Waals surface area contributed by atoms with Crippen LogP contribution in [0, 0.1) is 0 Å². The zero-order valence-electron chi connectivity index (χ0n) is 21.5. The molecule has 9 heteroatoms. The number of aliphatic carboxylic acids is 1. The van der Waals surface area contributed by atoms with Crippen LogP contribution in [-0.4, -0.2) is 75.9 Å². The van der Waals surface area contributed by atoms with Gasteiger partial charge < -0.3 is 26.0 Å². The van der Waals surface area contributed by atoms with Gasteiger partial charge in [-0.05, 0) is 43.2 Å². The topological polar surface area (TPSA) is 133 Å². The summed E-state index contributed by atoms with van der Waals surface area (Å²) < 4.78 is 0. The standard InChI is InChI=1S/C29H36N4O5/c30-22(17-20-9-3-1-4-10-20)19-26(34)31-23(18-21-11-5-2-6-12-21)27(35)32-15-7-13-24(32)28(36)33-16-8-14-25(33)29(37)38/h1-6,9-12,22-25H,7-8,13-19,30H2,(H,31,34)(H,37,38)/t22?,23-,24-,25-/m0/s1. The van der Waals surface area contributed by atoms with Crippen LogP contribution in [0.1, 0.15) is 43.2 Å². The molecule has 2 aliphatic heterocycles. The van der Waals surface area contributed by atoms with E-state index in [4.69, 9.17) is 5.73 Å². The molecule has 2 aromatic rings. The Bertz CT molecular complexity index is 1130. The van der Waals surface area contributed by atoms with E-state index in [0.29, 0.717) is 45.2 Å². The minimum absolute atomic E-state index is 0.0594. The molecule has 4 rings (SSSR count). The highest BCUT2D eigenvalue weighted by Gasteiger charge is 2.43. The summed E-state index contributed by atoms with van der Waals surface area (Å²) in [4.78, 5) is 54.7. The fraction of sp³-hybridized carbons (Fsp3) is 0.448. The first-order valence-electron chi connectivity index (χ1n) is 13.3. The van der Waals surface area contributed by atoms with E-state index < -0.39 is 30.1 Å². The molecule has 2 aromatic carbocycles. The molecule has 2 heterocycles. The van der Waals surface area contributed by atoms with Crippen LogP contribution in [-0.2, 0) is 32.0 Å². The zero-order valence-corrected chi connectivity index (χ0v) is 21.5. The second-order valence-electron chi connectivity index (χ2n) is 10.2. The first-order valence-corrected chi connectivity index (χ1v) is 13.3. The first-order chi connectivity index (χ1) is 18.3. The Morgan fingerprint density at radius 1 is 0.842 bits per heavy atom. The first kappa shape index (κ1) is 27.3. The van der Waals surface area contributed by atoms with Crippen LogP contribution in [0.5, 0.6) is 0 Å². The van der Waals surface area contributed by atoms with Crippen molar-refractivity contribution in [3.05, 3.63) is 71.8 Å². The normalized spacial score (nSPS) is 20.7. The number of carbonyl (C=O) groups excluding carboxylic acids is 3. The average molecular weight is 521 g/mol. The highest BCUT2D eigenvalue weighted by Crippen LogP contribution is 2.26. The predicted octanol–water partition coefficient (Wildman–Crippen LogP) is 1.74. The SMILES string of the molecule is NC(CC(=O)N[C@@H](Cc1ccccc1)C(=O)N1CCC[C@H]1C(=O)N1CCC[C@H]1C(=O)O)Cc1ccccc1. The maximum absolute atomic E-state index is 13.8. The van der Waals surface area contributed by atoms with Crippen molar-refractivity contribution in [1.82, 2.24) is 15.1 Å². The summed E-state index contributed by atoms with van der Waals surface area (Å²) in [6.07, 6.45) is 3.02. The van der Waals surface area contributed by atoms with Gasteiger partial charge >= 0.3 is 5.97 Å². The molecule has 4 atom stereocenters. The molecular formula is C29H36N4O5. The van der Waals surface area contributed by atoms with Crippen LogP contribution in [0.15, 0.2) is 60.7 Å². The molecule has 9 nitrogen and oxygen atoms in total. The van der Waals surface area contributed by atoms with E-state index >= 15 is 0 Å². The number of rotatable bonds is 10. The number of likely N-dealkylation sites (tertiary alicyclic amines) is 2. The quantitative estimate of drug-likeness (QED) is 0.437. The number of hydrogen-bond donors (Lipinski definition) is 3. The fourth-order valence-corrected chi connectivity index (χ4v) is 5.50. The van der Waals surface area contributed by atoms with E-state index in [2.05, 4.69) is 5.32 Å². The molecule has 0 aliphatic carbocycles. The van der Waals surface area contributed by atoms with E-state index in [9.17, 15) is 24.3 Å². The van der Waals surface area contributed by atoms with Gasteiger partial charge in [-0.1, -0.05) is 60.7 Å². The number of carboxylic acids is 1. The largest absolute Gasteiger partial charge is 0.480 e. The lowest BCUT2D eigenvalue weighted by molar-refractivity contribution is -0.152. The Balaban J connectivity index is 1.46. The third-order valence-corrected chi connectivity index (χ3v) is 7.35. The van der Waals surface area contributed by atoms with Crippen LogP contribution in [0.4, 0.5) is 0 Å². The fourth-order valence-electron chi connectivity index (χ4n) is 5.50. The van der Waals surface area contributed by atoms with Gasteiger partial charge in [0.05, 0.1) is 0 Å². The zero-order chi connectivity index (χ0) is 27.1. The molecule has 0 radical (unpaired) electrons. The highest BCUT2D eigenvalue weighted by molar-refractivity contribution is 5.94. The van der Waals surface area contributed by atoms with Crippen molar-refractivity contribution in [2.75, 3.05) is 13.1 Å². The third kappa shape index (κ3) is 6.77. The third-order valence-electron chi connectivity index (χ3n) is 7.35. The molecule has 3 amide bonds. The lowest BCUT2D eigenvalue weighted by Crippen LogP contribution is -2.56. The summed E-state index contributed by atoms with van der Waals surface area (Å²) in [7, 11) is 0. The number of carbonyl (C=O) groups is 4. The lowest BCUT2D eigenvalue weighted by atomic mass is 10.0. The van der Waals surface area contributed by atoms with Gasteiger partial charge in [0, 0.05) is 32.0 Å². The number of nitrogens with two attached hydrogens (primary N) is 1. The Kier molecular flexibility index (Phi) is 9.12. The highest BCUT2D eigenvalue weighted by atomic mass is 16.4.